The second-order valence-electron chi connectivity index (χ2n) is 12.6. The number of carbonyl (C=O) groups excluding carboxylic acids is 3. The summed E-state index contributed by atoms with van der Waals surface area (Å²) in [5, 5.41) is 16.2. The SMILES string of the molecule is CCOc1ccc(/C=C2\CCC[C@@H]3C2=NN(C(=O)CN2N=N[C@H]4C(=O)N(c5ccc(CC)cc5)C(=O)[C@H]42)[C@@H]3c2ccc(OCC)cc2)cc1. The molecular weight excluding hydrogens is 620 g/mol. The average molecular weight is 661 g/mol. The fraction of sp³-hybridized carbons (Fsp3) is 0.368. The molecule has 49 heavy (non-hydrogen) atoms. The number of imide groups is 1. The van der Waals surface area contributed by atoms with E-state index in [2.05, 4.69) is 16.4 Å². The number of anilines is 1. The van der Waals surface area contributed by atoms with E-state index >= 15 is 0 Å². The monoisotopic (exact) mass is 660 g/mol. The number of amides is 3. The highest BCUT2D eigenvalue weighted by Crippen LogP contribution is 2.45. The van der Waals surface area contributed by atoms with Gasteiger partial charge in [-0.15, -0.1) is 0 Å². The first kappa shape index (κ1) is 32.2. The number of hydrazone groups is 1. The summed E-state index contributed by atoms with van der Waals surface area (Å²) in [6.45, 7) is 6.85. The van der Waals surface area contributed by atoms with E-state index in [9.17, 15) is 14.4 Å². The molecule has 4 atom stereocenters. The third-order valence-corrected chi connectivity index (χ3v) is 9.58. The van der Waals surface area contributed by atoms with Crippen molar-refractivity contribution in [2.45, 2.75) is 64.6 Å². The van der Waals surface area contributed by atoms with Gasteiger partial charge in [0, 0.05) is 5.92 Å². The summed E-state index contributed by atoms with van der Waals surface area (Å²) in [7, 11) is 0. The molecule has 3 aromatic carbocycles. The summed E-state index contributed by atoms with van der Waals surface area (Å²) in [4.78, 5) is 42.5. The van der Waals surface area contributed by atoms with Gasteiger partial charge in [-0.1, -0.05) is 48.5 Å². The Morgan fingerprint density at radius 1 is 0.857 bits per heavy atom. The van der Waals surface area contributed by atoms with Crippen molar-refractivity contribution in [3.8, 4) is 11.5 Å². The number of aryl methyl sites for hydroxylation is 1. The molecule has 0 bridgehead atoms. The third kappa shape index (κ3) is 6.09. The van der Waals surface area contributed by atoms with Gasteiger partial charge in [-0.25, -0.2) is 9.91 Å². The van der Waals surface area contributed by atoms with Crippen LogP contribution in [-0.2, 0) is 20.8 Å². The van der Waals surface area contributed by atoms with Gasteiger partial charge in [-0.05, 0) is 104 Å². The van der Waals surface area contributed by atoms with E-state index in [-0.39, 0.29) is 24.4 Å². The van der Waals surface area contributed by atoms with E-state index < -0.39 is 23.9 Å². The van der Waals surface area contributed by atoms with Crippen LogP contribution in [0.15, 0.2) is 93.8 Å². The molecule has 1 saturated heterocycles. The van der Waals surface area contributed by atoms with E-state index in [1.165, 1.54) is 5.01 Å². The second-order valence-corrected chi connectivity index (χ2v) is 12.6. The standard InChI is InChI=1S/C38H40N6O5/c1-4-24-10-16-28(17-11-24)43-37(46)34-36(38(43)47)42(41-39-34)23-32(45)44-35(26-14-20-30(21-15-26)49-6-3)31-9-7-8-27(33(31)40-44)22-25-12-18-29(19-13-25)48-5-2/h10-22,31,34-36H,4-9,23H2,1-3H3/b27-22+/t31-,34-,35-,36+/m1/s1. The summed E-state index contributed by atoms with van der Waals surface area (Å²) >= 11 is 0. The van der Waals surface area contributed by atoms with Crippen LogP contribution in [0.5, 0.6) is 11.5 Å². The molecule has 0 unspecified atom stereocenters. The summed E-state index contributed by atoms with van der Waals surface area (Å²) in [5.41, 5.74) is 5.54. The van der Waals surface area contributed by atoms with Crippen molar-refractivity contribution in [3.63, 3.8) is 0 Å². The van der Waals surface area contributed by atoms with Gasteiger partial charge in [0.1, 0.15) is 18.0 Å². The van der Waals surface area contributed by atoms with Gasteiger partial charge in [-0.2, -0.15) is 10.2 Å². The zero-order valence-corrected chi connectivity index (χ0v) is 28.0. The lowest BCUT2D eigenvalue weighted by atomic mass is 9.77. The maximum atomic E-state index is 14.3. The molecule has 252 valence electrons. The Kier molecular flexibility index (Phi) is 8.99. The molecule has 0 spiro atoms. The number of hydrogen-bond donors (Lipinski definition) is 0. The summed E-state index contributed by atoms with van der Waals surface area (Å²) in [6.07, 6.45) is 5.66. The molecule has 4 aliphatic rings. The van der Waals surface area contributed by atoms with Crippen molar-refractivity contribution < 1.29 is 23.9 Å². The molecule has 3 heterocycles. The maximum Gasteiger partial charge on any atom is 0.264 e. The quantitative estimate of drug-likeness (QED) is 0.241. The van der Waals surface area contributed by atoms with Crippen LogP contribution in [0, 0.1) is 5.92 Å². The lowest BCUT2D eigenvalue weighted by Crippen LogP contribution is -2.45. The number of hydrogen-bond acceptors (Lipinski definition) is 9. The number of rotatable bonds is 10. The van der Waals surface area contributed by atoms with Crippen molar-refractivity contribution in [1.82, 2.24) is 10.0 Å². The van der Waals surface area contributed by atoms with Crippen LogP contribution in [0.4, 0.5) is 5.69 Å². The molecule has 7 rings (SSSR count). The minimum Gasteiger partial charge on any atom is -0.494 e. The molecule has 3 aromatic rings. The topological polar surface area (TPSA) is 116 Å². The van der Waals surface area contributed by atoms with Gasteiger partial charge in [0.15, 0.2) is 12.1 Å². The van der Waals surface area contributed by atoms with E-state index in [1.54, 1.807) is 17.1 Å². The Balaban J connectivity index is 1.17. The van der Waals surface area contributed by atoms with Crippen molar-refractivity contribution in [2.75, 3.05) is 24.7 Å². The van der Waals surface area contributed by atoms with Crippen LogP contribution in [0.3, 0.4) is 0 Å². The zero-order chi connectivity index (χ0) is 34.1. The summed E-state index contributed by atoms with van der Waals surface area (Å²) < 4.78 is 11.3. The van der Waals surface area contributed by atoms with Gasteiger partial charge < -0.3 is 9.47 Å². The van der Waals surface area contributed by atoms with Crippen LogP contribution < -0.4 is 14.4 Å². The zero-order valence-electron chi connectivity index (χ0n) is 28.0. The molecule has 1 saturated carbocycles. The first-order valence-electron chi connectivity index (χ1n) is 17.1. The first-order chi connectivity index (χ1) is 23.9. The predicted molar refractivity (Wildman–Crippen MR) is 185 cm³/mol. The van der Waals surface area contributed by atoms with Gasteiger partial charge >= 0.3 is 0 Å². The Hall–Kier alpha value is -5.32. The molecule has 11 nitrogen and oxygen atoms in total. The summed E-state index contributed by atoms with van der Waals surface area (Å²) in [6, 6.07) is 20.8. The number of carbonyl (C=O) groups is 3. The molecule has 11 heteroatoms. The van der Waals surface area contributed by atoms with Gasteiger partial charge in [-0.3, -0.25) is 19.4 Å². The number of allylic oxidation sites excluding steroid dienone is 1. The van der Waals surface area contributed by atoms with Gasteiger partial charge in [0.25, 0.3) is 17.7 Å². The number of fused-ring (bicyclic) bond motifs is 2. The highest BCUT2D eigenvalue weighted by molar-refractivity contribution is 6.25. The normalized spacial score (nSPS) is 23.6. The third-order valence-electron chi connectivity index (χ3n) is 9.58. The number of nitrogens with zero attached hydrogens (tertiary/aromatic N) is 6. The van der Waals surface area contributed by atoms with Gasteiger partial charge in [0.2, 0.25) is 0 Å². The second kappa shape index (κ2) is 13.7. The Labute approximate surface area is 285 Å². The van der Waals surface area contributed by atoms with Crippen molar-refractivity contribution in [3.05, 3.63) is 95.1 Å². The smallest absolute Gasteiger partial charge is 0.264 e. The molecule has 0 N–H and O–H groups in total. The Bertz CT molecular complexity index is 1820. The molecule has 0 radical (unpaired) electrons. The van der Waals surface area contributed by atoms with Crippen LogP contribution in [0.2, 0.25) is 0 Å². The Morgan fingerprint density at radius 3 is 2.18 bits per heavy atom. The lowest BCUT2D eigenvalue weighted by molar-refractivity contribution is -0.136. The van der Waals surface area contributed by atoms with Crippen LogP contribution in [0.25, 0.3) is 6.08 Å². The molecular formula is C38H40N6O5. The Morgan fingerprint density at radius 2 is 1.53 bits per heavy atom. The van der Waals surface area contributed by atoms with Crippen molar-refractivity contribution >= 4 is 35.2 Å². The lowest BCUT2D eigenvalue weighted by Gasteiger charge is -2.30. The number of ether oxygens (including phenoxy) is 2. The van der Waals surface area contributed by atoms with E-state index in [0.29, 0.717) is 18.9 Å². The fourth-order valence-electron chi connectivity index (χ4n) is 7.20. The van der Waals surface area contributed by atoms with Gasteiger partial charge in [0.05, 0.1) is 30.7 Å². The van der Waals surface area contributed by atoms with Crippen LogP contribution in [-0.4, -0.2) is 65.3 Å². The maximum absolute atomic E-state index is 14.3. The molecule has 1 aliphatic carbocycles. The highest BCUT2D eigenvalue weighted by Gasteiger charge is 2.55. The highest BCUT2D eigenvalue weighted by atomic mass is 16.5. The van der Waals surface area contributed by atoms with E-state index in [1.807, 2.05) is 81.4 Å². The first-order valence-corrected chi connectivity index (χ1v) is 17.1. The number of benzene rings is 3. The molecule has 3 aliphatic heterocycles. The van der Waals surface area contributed by atoms with Crippen molar-refractivity contribution in [2.24, 2.45) is 21.4 Å². The van der Waals surface area contributed by atoms with Crippen LogP contribution in [0.1, 0.15) is 62.8 Å². The molecule has 3 amide bonds. The minimum absolute atomic E-state index is 0.0196. The fourth-order valence-corrected chi connectivity index (χ4v) is 7.20. The molecule has 0 aromatic heterocycles. The largest absolute Gasteiger partial charge is 0.494 e. The van der Waals surface area contributed by atoms with E-state index in [4.69, 9.17) is 14.6 Å². The molecule has 2 fully saturated rings. The average Bonchev–Trinajstić information content (AvgIpc) is 3.79. The summed E-state index contributed by atoms with van der Waals surface area (Å²) in [5.74, 6) is 0.340. The minimum atomic E-state index is -0.996. The van der Waals surface area contributed by atoms with E-state index in [0.717, 1.165) is 70.1 Å². The predicted octanol–water partition coefficient (Wildman–Crippen LogP) is 6.16. The van der Waals surface area contributed by atoms with Crippen LogP contribution >= 0.6 is 0 Å². The van der Waals surface area contributed by atoms with Crippen molar-refractivity contribution in [1.29, 1.82) is 0 Å².